The van der Waals surface area contributed by atoms with Crippen LogP contribution >= 0.6 is 35.0 Å². The van der Waals surface area contributed by atoms with Gasteiger partial charge in [0.25, 0.3) is 0 Å². The van der Waals surface area contributed by atoms with Crippen LogP contribution in [0.4, 0.5) is 0 Å². The standard InChI is InChI=1S/C25H32Cl2N2O2S/c1-4-23(25(31)28-15-18(2)3)29(13-12-19-8-6-5-7-9-19)24(30)17-32-16-20-10-11-21(26)22(27)14-20/h5-11,14,18,23H,4,12-13,15-17H2,1-3H3,(H,28,31)/t23-/m1/s1. The van der Waals surface area contributed by atoms with Crippen molar-refractivity contribution in [3.05, 3.63) is 69.7 Å². The Labute approximate surface area is 206 Å². The summed E-state index contributed by atoms with van der Waals surface area (Å²) in [6.07, 6.45) is 1.28. The van der Waals surface area contributed by atoms with Crippen molar-refractivity contribution < 1.29 is 9.59 Å². The van der Waals surface area contributed by atoms with E-state index in [0.29, 0.717) is 53.4 Å². The van der Waals surface area contributed by atoms with Crippen molar-refractivity contribution in [3.8, 4) is 0 Å². The fourth-order valence-corrected chi connectivity index (χ4v) is 4.47. The van der Waals surface area contributed by atoms with E-state index in [1.54, 1.807) is 11.0 Å². The van der Waals surface area contributed by atoms with Crippen molar-refractivity contribution in [1.82, 2.24) is 10.2 Å². The molecule has 0 saturated carbocycles. The fourth-order valence-electron chi connectivity index (χ4n) is 3.29. The highest BCUT2D eigenvalue weighted by Gasteiger charge is 2.28. The van der Waals surface area contributed by atoms with Gasteiger partial charge in [0.05, 0.1) is 15.8 Å². The lowest BCUT2D eigenvalue weighted by Crippen LogP contribution is -2.51. The lowest BCUT2D eigenvalue weighted by atomic mass is 10.1. The second-order valence-corrected chi connectivity index (χ2v) is 9.93. The first-order valence-electron chi connectivity index (χ1n) is 10.9. The summed E-state index contributed by atoms with van der Waals surface area (Å²) < 4.78 is 0. The van der Waals surface area contributed by atoms with Gasteiger partial charge in [-0.1, -0.05) is 80.4 Å². The first-order valence-corrected chi connectivity index (χ1v) is 12.9. The quantitative estimate of drug-likeness (QED) is 0.402. The Kier molecular flexibility index (Phi) is 11.4. The van der Waals surface area contributed by atoms with Crippen LogP contribution in [-0.4, -0.2) is 41.6 Å². The Hall–Kier alpha value is -1.69. The molecule has 174 valence electrons. The Morgan fingerprint density at radius 1 is 1.03 bits per heavy atom. The molecular weight excluding hydrogens is 463 g/mol. The van der Waals surface area contributed by atoms with E-state index in [0.717, 1.165) is 11.1 Å². The van der Waals surface area contributed by atoms with E-state index in [1.807, 2.05) is 49.4 Å². The number of carbonyl (C=O) groups is 2. The summed E-state index contributed by atoms with van der Waals surface area (Å²) in [5.41, 5.74) is 2.15. The number of nitrogens with one attached hydrogen (secondary N) is 1. The molecule has 1 N–H and O–H groups in total. The first-order chi connectivity index (χ1) is 15.3. The molecule has 0 aliphatic rings. The summed E-state index contributed by atoms with van der Waals surface area (Å²) in [6, 6.07) is 15.1. The lowest BCUT2D eigenvalue weighted by molar-refractivity contribution is -0.138. The highest BCUT2D eigenvalue weighted by molar-refractivity contribution is 7.99. The molecular formula is C25H32Cl2N2O2S. The highest BCUT2D eigenvalue weighted by atomic mass is 35.5. The van der Waals surface area contributed by atoms with Gasteiger partial charge in [-0.3, -0.25) is 9.59 Å². The van der Waals surface area contributed by atoms with Gasteiger partial charge in [0.15, 0.2) is 0 Å². The number of hydrogen-bond acceptors (Lipinski definition) is 3. The normalized spacial score (nSPS) is 11.9. The molecule has 1 atom stereocenters. The summed E-state index contributed by atoms with van der Waals surface area (Å²) in [6.45, 7) is 7.16. The van der Waals surface area contributed by atoms with E-state index in [1.165, 1.54) is 11.8 Å². The third-order valence-corrected chi connectivity index (χ3v) is 6.76. The Morgan fingerprint density at radius 2 is 1.75 bits per heavy atom. The van der Waals surface area contributed by atoms with Crippen LogP contribution in [-0.2, 0) is 21.8 Å². The third kappa shape index (κ3) is 8.68. The number of nitrogens with zero attached hydrogens (tertiary/aromatic N) is 1. The largest absolute Gasteiger partial charge is 0.354 e. The van der Waals surface area contributed by atoms with Crippen molar-refractivity contribution in [1.29, 1.82) is 0 Å². The van der Waals surface area contributed by atoms with Gasteiger partial charge in [0, 0.05) is 18.8 Å². The van der Waals surface area contributed by atoms with Gasteiger partial charge in [-0.25, -0.2) is 0 Å². The van der Waals surface area contributed by atoms with Crippen molar-refractivity contribution in [2.24, 2.45) is 5.92 Å². The molecule has 0 heterocycles. The molecule has 0 aromatic heterocycles. The van der Waals surface area contributed by atoms with Crippen LogP contribution in [0.5, 0.6) is 0 Å². The molecule has 7 heteroatoms. The average molecular weight is 496 g/mol. The van der Waals surface area contributed by atoms with Crippen molar-refractivity contribution in [3.63, 3.8) is 0 Å². The molecule has 0 unspecified atom stereocenters. The summed E-state index contributed by atoms with van der Waals surface area (Å²) in [7, 11) is 0. The Balaban J connectivity index is 2.05. The van der Waals surface area contributed by atoms with Gasteiger partial charge in [0.1, 0.15) is 6.04 Å². The number of halogens is 2. The second kappa shape index (κ2) is 13.8. The number of rotatable bonds is 12. The van der Waals surface area contributed by atoms with E-state index in [-0.39, 0.29) is 11.8 Å². The number of carbonyl (C=O) groups excluding carboxylic acids is 2. The predicted molar refractivity (Wildman–Crippen MR) is 136 cm³/mol. The molecule has 2 aromatic rings. The van der Waals surface area contributed by atoms with Crippen LogP contribution in [0.15, 0.2) is 48.5 Å². The maximum Gasteiger partial charge on any atom is 0.242 e. The van der Waals surface area contributed by atoms with E-state index >= 15 is 0 Å². The zero-order valence-electron chi connectivity index (χ0n) is 18.9. The monoisotopic (exact) mass is 494 g/mol. The van der Waals surface area contributed by atoms with Crippen LogP contribution in [0.25, 0.3) is 0 Å². The van der Waals surface area contributed by atoms with Crippen molar-refractivity contribution >= 4 is 46.8 Å². The molecule has 0 radical (unpaired) electrons. The van der Waals surface area contributed by atoms with Gasteiger partial charge < -0.3 is 10.2 Å². The summed E-state index contributed by atoms with van der Waals surface area (Å²) in [5.74, 6) is 1.18. The van der Waals surface area contributed by atoms with Gasteiger partial charge in [-0.05, 0) is 42.0 Å². The minimum atomic E-state index is -0.476. The molecule has 0 fully saturated rings. The van der Waals surface area contributed by atoms with E-state index in [2.05, 4.69) is 19.2 Å². The van der Waals surface area contributed by atoms with Gasteiger partial charge in [0.2, 0.25) is 11.8 Å². The second-order valence-electron chi connectivity index (χ2n) is 8.13. The molecule has 0 aliphatic carbocycles. The third-order valence-electron chi connectivity index (χ3n) is 5.03. The maximum atomic E-state index is 13.2. The van der Waals surface area contributed by atoms with E-state index in [9.17, 15) is 9.59 Å². The lowest BCUT2D eigenvalue weighted by Gasteiger charge is -2.31. The molecule has 0 aliphatic heterocycles. The van der Waals surface area contributed by atoms with Crippen molar-refractivity contribution in [2.45, 2.75) is 45.4 Å². The Morgan fingerprint density at radius 3 is 2.38 bits per heavy atom. The SMILES string of the molecule is CC[C@H](C(=O)NCC(C)C)N(CCc1ccccc1)C(=O)CSCc1ccc(Cl)c(Cl)c1. The van der Waals surface area contributed by atoms with Crippen LogP contribution in [0, 0.1) is 5.92 Å². The first kappa shape index (κ1) is 26.6. The summed E-state index contributed by atoms with van der Waals surface area (Å²) in [4.78, 5) is 27.8. The smallest absolute Gasteiger partial charge is 0.242 e. The summed E-state index contributed by atoms with van der Waals surface area (Å²) >= 11 is 13.6. The zero-order chi connectivity index (χ0) is 23.5. The minimum absolute atomic E-state index is 0.0301. The van der Waals surface area contributed by atoms with Crippen LogP contribution in [0.2, 0.25) is 10.0 Å². The molecule has 0 saturated heterocycles. The Bertz CT molecular complexity index is 878. The number of hydrogen-bond donors (Lipinski definition) is 1. The number of thioether (sulfide) groups is 1. The minimum Gasteiger partial charge on any atom is -0.354 e. The van der Waals surface area contributed by atoms with Crippen molar-refractivity contribution in [2.75, 3.05) is 18.8 Å². The molecule has 2 aromatic carbocycles. The fraction of sp³-hybridized carbons (Fsp3) is 0.440. The number of amides is 2. The van der Waals surface area contributed by atoms with Gasteiger partial charge >= 0.3 is 0 Å². The molecule has 4 nitrogen and oxygen atoms in total. The van der Waals surface area contributed by atoms with Gasteiger partial charge in [-0.15, -0.1) is 11.8 Å². The van der Waals surface area contributed by atoms with Gasteiger partial charge in [-0.2, -0.15) is 0 Å². The van der Waals surface area contributed by atoms with Crippen LogP contribution < -0.4 is 5.32 Å². The van der Waals surface area contributed by atoms with E-state index < -0.39 is 6.04 Å². The number of benzene rings is 2. The maximum absolute atomic E-state index is 13.2. The molecule has 0 bridgehead atoms. The van der Waals surface area contributed by atoms with Crippen LogP contribution in [0.1, 0.15) is 38.3 Å². The molecule has 32 heavy (non-hydrogen) atoms. The topological polar surface area (TPSA) is 49.4 Å². The van der Waals surface area contributed by atoms with E-state index in [4.69, 9.17) is 23.2 Å². The molecule has 2 rings (SSSR count). The predicted octanol–water partition coefficient (Wildman–Crippen LogP) is 5.85. The van der Waals surface area contributed by atoms with Crippen LogP contribution in [0.3, 0.4) is 0 Å². The highest BCUT2D eigenvalue weighted by Crippen LogP contribution is 2.25. The summed E-state index contributed by atoms with van der Waals surface area (Å²) in [5, 5.41) is 4.02. The molecule has 0 spiro atoms. The molecule has 2 amide bonds. The zero-order valence-corrected chi connectivity index (χ0v) is 21.3. The average Bonchev–Trinajstić information content (AvgIpc) is 2.78.